The van der Waals surface area contributed by atoms with Gasteiger partial charge in [-0.2, -0.15) is 0 Å². The van der Waals surface area contributed by atoms with E-state index in [-0.39, 0.29) is 12.0 Å². The van der Waals surface area contributed by atoms with Gasteiger partial charge in [0.25, 0.3) is 0 Å². The van der Waals surface area contributed by atoms with Crippen molar-refractivity contribution < 1.29 is 9.53 Å². The third-order valence-corrected chi connectivity index (χ3v) is 4.31. The number of esters is 1. The smallest absolute Gasteiger partial charge is 0.307 e. The lowest BCUT2D eigenvalue weighted by Gasteiger charge is -2.29. The van der Waals surface area contributed by atoms with E-state index in [0.717, 1.165) is 23.3 Å². The summed E-state index contributed by atoms with van der Waals surface area (Å²) >= 11 is 3.41. The fraction of sp³-hybridized carbons (Fsp3) is 0.625. The molecule has 5 heteroatoms. The first-order valence-corrected chi connectivity index (χ1v) is 8.51. The van der Waals surface area contributed by atoms with Gasteiger partial charge >= 0.3 is 5.97 Å². The molecular weight excluding hydrogens is 332 g/mol. The third-order valence-electron chi connectivity index (χ3n) is 3.84. The molecule has 1 fully saturated rings. The van der Waals surface area contributed by atoms with Gasteiger partial charge in [-0.1, -0.05) is 12.8 Å². The van der Waals surface area contributed by atoms with Gasteiger partial charge in [0.2, 0.25) is 0 Å². The van der Waals surface area contributed by atoms with Crippen molar-refractivity contribution in [1.29, 1.82) is 0 Å². The molecule has 1 saturated heterocycles. The van der Waals surface area contributed by atoms with E-state index in [1.54, 1.807) is 6.20 Å². The number of pyridine rings is 1. The minimum absolute atomic E-state index is 0.0234. The zero-order valence-corrected chi connectivity index (χ0v) is 14.1. The average Bonchev–Trinajstić information content (AvgIpc) is 2.75. The molecule has 0 amide bonds. The average molecular weight is 355 g/mol. The van der Waals surface area contributed by atoms with Crippen LogP contribution in [0, 0.1) is 0 Å². The number of hydrogen-bond donors (Lipinski definition) is 0. The molecule has 0 N–H and O–H groups in total. The highest BCUT2D eigenvalue weighted by Gasteiger charge is 2.25. The summed E-state index contributed by atoms with van der Waals surface area (Å²) in [5, 5.41) is 0. The van der Waals surface area contributed by atoms with Crippen LogP contribution in [-0.2, 0) is 9.53 Å². The first-order valence-electron chi connectivity index (χ1n) is 7.72. The summed E-state index contributed by atoms with van der Waals surface area (Å²) in [6, 6.07) is 4.01. The van der Waals surface area contributed by atoms with Gasteiger partial charge in [0, 0.05) is 10.7 Å². The van der Waals surface area contributed by atoms with Crippen LogP contribution in [-0.4, -0.2) is 35.5 Å². The first kappa shape index (κ1) is 16.4. The van der Waals surface area contributed by atoms with E-state index in [1.807, 2.05) is 19.1 Å². The van der Waals surface area contributed by atoms with Gasteiger partial charge in [0.15, 0.2) is 0 Å². The van der Waals surface area contributed by atoms with Crippen LogP contribution in [0.25, 0.3) is 0 Å². The Kier molecular flexibility index (Phi) is 6.64. The Hall–Kier alpha value is -0.940. The Balaban J connectivity index is 2.15. The fourth-order valence-electron chi connectivity index (χ4n) is 2.79. The summed E-state index contributed by atoms with van der Waals surface area (Å²) in [6.45, 7) is 4.33. The molecule has 0 bridgehead atoms. The van der Waals surface area contributed by atoms with Gasteiger partial charge in [-0.25, -0.2) is 0 Å². The minimum Gasteiger partial charge on any atom is -0.466 e. The molecule has 0 aliphatic carbocycles. The number of nitrogens with zero attached hydrogens (tertiary/aromatic N) is 2. The molecule has 0 radical (unpaired) electrons. The lowest BCUT2D eigenvalue weighted by atomic mass is 10.1. The molecule has 21 heavy (non-hydrogen) atoms. The number of hydrogen-bond acceptors (Lipinski definition) is 4. The lowest BCUT2D eigenvalue weighted by molar-refractivity contribution is -0.144. The molecule has 116 valence electrons. The Bertz CT molecular complexity index is 442. The highest BCUT2D eigenvalue weighted by molar-refractivity contribution is 9.10. The van der Waals surface area contributed by atoms with Crippen LogP contribution < -0.4 is 0 Å². The molecule has 1 aliphatic rings. The summed E-state index contributed by atoms with van der Waals surface area (Å²) in [7, 11) is 0. The summed E-state index contributed by atoms with van der Waals surface area (Å²) in [5.41, 5.74) is 0.952. The number of carbonyl (C=O) groups excluding carboxylic acids is 1. The van der Waals surface area contributed by atoms with Gasteiger partial charge in [-0.3, -0.25) is 14.7 Å². The lowest BCUT2D eigenvalue weighted by Crippen LogP contribution is -2.32. The highest BCUT2D eigenvalue weighted by Crippen LogP contribution is 2.27. The maximum Gasteiger partial charge on any atom is 0.307 e. The van der Waals surface area contributed by atoms with E-state index in [0.29, 0.717) is 13.0 Å². The summed E-state index contributed by atoms with van der Waals surface area (Å²) in [6.07, 6.45) is 7.10. The predicted molar refractivity (Wildman–Crippen MR) is 86.0 cm³/mol. The minimum atomic E-state index is -0.142. The molecule has 0 aromatic carbocycles. The van der Waals surface area contributed by atoms with E-state index in [2.05, 4.69) is 25.8 Å². The number of likely N-dealkylation sites (tertiary alicyclic amines) is 1. The number of halogens is 1. The quantitative estimate of drug-likeness (QED) is 0.755. The van der Waals surface area contributed by atoms with Crippen LogP contribution in [0.2, 0.25) is 0 Å². The van der Waals surface area contributed by atoms with Crippen LogP contribution in [0.1, 0.15) is 50.8 Å². The predicted octanol–water partition coefficient (Wildman–Crippen LogP) is 3.71. The standard InChI is InChI=1S/C16H23BrN2O2/c1-2-21-16(20)11-15(14-8-7-13(17)12-18-14)19-9-5-3-4-6-10-19/h7-8,12,15H,2-6,9-11H2,1H3. The van der Waals surface area contributed by atoms with Crippen molar-refractivity contribution in [2.75, 3.05) is 19.7 Å². The molecule has 2 rings (SSSR count). The molecule has 1 aromatic heterocycles. The maximum absolute atomic E-state index is 11.9. The molecule has 4 nitrogen and oxygen atoms in total. The van der Waals surface area contributed by atoms with Crippen molar-refractivity contribution in [1.82, 2.24) is 9.88 Å². The first-order chi connectivity index (χ1) is 10.2. The van der Waals surface area contributed by atoms with Crippen LogP contribution in [0.5, 0.6) is 0 Å². The third kappa shape index (κ3) is 5.08. The van der Waals surface area contributed by atoms with Crippen molar-refractivity contribution in [3.05, 3.63) is 28.5 Å². The van der Waals surface area contributed by atoms with Crippen molar-refractivity contribution in [3.8, 4) is 0 Å². The zero-order chi connectivity index (χ0) is 15.1. The van der Waals surface area contributed by atoms with E-state index < -0.39 is 0 Å². The monoisotopic (exact) mass is 354 g/mol. The van der Waals surface area contributed by atoms with Gasteiger partial charge in [0.05, 0.1) is 24.8 Å². The Labute approximate surface area is 135 Å². The number of carbonyl (C=O) groups is 1. The number of rotatable bonds is 5. The van der Waals surface area contributed by atoms with Gasteiger partial charge in [0.1, 0.15) is 0 Å². The number of aromatic nitrogens is 1. The zero-order valence-electron chi connectivity index (χ0n) is 12.6. The Morgan fingerprint density at radius 1 is 1.33 bits per heavy atom. The van der Waals surface area contributed by atoms with E-state index in [4.69, 9.17) is 4.74 Å². The second-order valence-corrected chi connectivity index (χ2v) is 6.29. The van der Waals surface area contributed by atoms with Crippen LogP contribution in [0.4, 0.5) is 0 Å². The fourth-order valence-corrected chi connectivity index (χ4v) is 3.02. The van der Waals surface area contributed by atoms with Crippen LogP contribution >= 0.6 is 15.9 Å². The van der Waals surface area contributed by atoms with Gasteiger partial charge in [-0.05, 0) is 60.9 Å². The Morgan fingerprint density at radius 2 is 2.05 bits per heavy atom. The van der Waals surface area contributed by atoms with Crippen LogP contribution in [0.3, 0.4) is 0 Å². The summed E-state index contributed by atoms with van der Waals surface area (Å²) in [4.78, 5) is 18.8. The van der Waals surface area contributed by atoms with E-state index in [9.17, 15) is 4.79 Å². The van der Waals surface area contributed by atoms with Gasteiger partial charge in [-0.15, -0.1) is 0 Å². The molecule has 1 atom stereocenters. The topological polar surface area (TPSA) is 42.4 Å². The normalized spacial score (nSPS) is 18.0. The molecular formula is C16H23BrN2O2. The van der Waals surface area contributed by atoms with E-state index >= 15 is 0 Å². The largest absolute Gasteiger partial charge is 0.466 e. The Morgan fingerprint density at radius 3 is 2.62 bits per heavy atom. The SMILES string of the molecule is CCOC(=O)CC(c1ccc(Br)cn1)N1CCCCCC1. The second-order valence-electron chi connectivity index (χ2n) is 5.38. The van der Waals surface area contributed by atoms with Crippen molar-refractivity contribution in [3.63, 3.8) is 0 Å². The molecule has 2 heterocycles. The van der Waals surface area contributed by atoms with E-state index in [1.165, 1.54) is 25.7 Å². The summed E-state index contributed by atoms with van der Waals surface area (Å²) < 4.78 is 6.09. The molecule has 1 aromatic rings. The highest BCUT2D eigenvalue weighted by atomic mass is 79.9. The molecule has 0 spiro atoms. The van der Waals surface area contributed by atoms with Crippen molar-refractivity contribution >= 4 is 21.9 Å². The molecule has 1 unspecified atom stereocenters. The number of ether oxygens (including phenoxy) is 1. The molecule has 0 saturated carbocycles. The van der Waals surface area contributed by atoms with Crippen molar-refractivity contribution in [2.24, 2.45) is 0 Å². The van der Waals surface area contributed by atoms with Crippen LogP contribution in [0.15, 0.2) is 22.8 Å². The van der Waals surface area contributed by atoms with Gasteiger partial charge < -0.3 is 4.74 Å². The molecule has 1 aliphatic heterocycles. The van der Waals surface area contributed by atoms with Crippen molar-refractivity contribution in [2.45, 2.75) is 45.1 Å². The second kappa shape index (κ2) is 8.49. The maximum atomic E-state index is 11.9. The summed E-state index contributed by atoms with van der Waals surface area (Å²) in [5.74, 6) is -0.142.